The zero-order chi connectivity index (χ0) is 27.1. The van der Waals surface area contributed by atoms with Crippen LogP contribution in [-0.2, 0) is 22.4 Å². The fraction of sp³-hybridized carbons (Fsp3) is 0.281. The van der Waals surface area contributed by atoms with Crippen LogP contribution in [0.25, 0.3) is 16.8 Å². The normalized spacial score (nSPS) is 18.5. The summed E-state index contributed by atoms with van der Waals surface area (Å²) in [4.78, 5) is 38.6. The Balaban J connectivity index is 1.51. The Kier molecular flexibility index (Phi) is 6.43. The fourth-order valence-corrected chi connectivity index (χ4v) is 5.91. The average molecular weight is 521 g/mol. The van der Waals surface area contributed by atoms with Crippen molar-refractivity contribution in [3.63, 3.8) is 0 Å². The predicted octanol–water partition coefficient (Wildman–Crippen LogP) is 5.91. The number of aromatic amines is 1. The second-order valence-corrected chi connectivity index (χ2v) is 10.2. The summed E-state index contributed by atoms with van der Waals surface area (Å²) < 4.78 is 0. The molecule has 1 unspecified atom stereocenters. The number of benzene rings is 3. The number of fused-ring (bicyclic) bond motifs is 2. The molecule has 0 spiro atoms. The van der Waals surface area contributed by atoms with Gasteiger partial charge < -0.3 is 15.0 Å². The number of rotatable bonds is 6. The summed E-state index contributed by atoms with van der Waals surface area (Å²) in [5, 5.41) is 11.6. The van der Waals surface area contributed by atoms with Crippen LogP contribution in [0.3, 0.4) is 0 Å². The molecule has 7 nitrogen and oxygen atoms in total. The smallest absolute Gasteiger partial charge is 0.302 e. The molecule has 1 aromatic heterocycles. The largest absolute Gasteiger partial charge is 0.507 e. The van der Waals surface area contributed by atoms with Crippen molar-refractivity contribution in [2.75, 3.05) is 22.9 Å². The highest BCUT2D eigenvalue weighted by molar-refractivity contribution is 6.51. The number of nitrogens with one attached hydrogen (secondary N) is 1. The second-order valence-electron chi connectivity index (χ2n) is 10.2. The van der Waals surface area contributed by atoms with Crippen molar-refractivity contribution < 1.29 is 14.7 Å². The number of carbonyl (C=O) groups excluding carboxylic acids is 2. The number of anilines is 2. The minimum Gasteiger partial charge on any atom is -0.507 e. The van der Waals surface area contributed by atoms with Gasteiger partial charge in [-0.15, -0.1) is 0 Å². The number of hydrogen-bond acceptors (Lipinski definition) is 5. The topological polar surface area (TPSA) is 89.5 Å². The maximum atomic E-state index is 13.6. The summed E-state index contributed by atoms with van der Waals surface area (Å²) >= 11 is 0. The highest BCUT2D eigenvalue weighted by Gasteiger charge is 2.48. The number of para-hydroxylation sites is 2. The van der Waals surface area contributed by atoms with Crippen LogP contribution in [0.15, 0.2) is 72.3 Å². The number of H-pyrrole nitrogens is 1. The molecule has 0 bridgehead atoms. The van der Waals surface area contributed by atoms with Crippen molar-refractivity contribution >= 4 is 40.1 Å². The minimum atomic E-state index is -0.827. The van der Waals surface area contributed by atoms with Gasteiger partial charge in [0.05, 0.1) is 22.6 Å². The molecule has 2 aliphatic rings. The van der Waals surface area contributed by atoms with Crippen LogP contribution < -0.4 is 9.80 Å². The summed E-state index contributed by atoms with van der Waals surface area (Å²) in [5.41, 5.74) is 6.35. The molecule has 198 valence electrons. The Hall–Kier alpha value is -4.39. The first-order valence-electron chi connectivity index (χ1n) is 13.7. The number of aliphatic hydroxyl groups is 1. The lowest BCUT2D eigenvalue weighted by Gasteiger charge is -2.25. The molecule has 0 saturated carbocycles. The molecule has 0 radical (unpaired) electrons. The number of amides is 1. The third-order valence-corrected chi connectivity index (χ3v) is 8.01. The lowest BCUT2D eigenvalue weighted by atomic mass is 9.88. The van der Waals surface area contributed by atoms with Crippen LogP contribution >= 0.6 is 0 Å². The van der Waals surface area contributed by atoms with Gasteiger partial charge in [-0.25, -0.2) is 4.98 Å². The van der Waals surface area contributed by atoms with E-state index >= 15 is 0 Å². The van der Waals surface area contributed by atoms with Gasteiger partial charge in [-0.2, -0.15) is 0 Å². The van der Waals surface area contributed by atoms with E-state index in [0.29, 0.717) is 11.1 Å². The lowest BCUT2D eigenvalue weighted by molar-refractivity contribution is -0.132. The van der Waals surface area contributed by atoms with E-state index in [4.69, 9.17) is 0 Å². The van der Waals surface area contributed by atoms with Gasteiger partial charge in [0.25, 0.3) is 5.78 Å². The van der Waals surface area contributed by atoms with Gasteiger partial charge >= 0.3 is 5.91 Å². The summed E-state index contributed by atoms with van der Waals surface area (Å²) in [7, 11) is 0. The second kappa shape index (κ2) is 10.1. The number of aromatic nitrogens is 2. The molecule has 1 aliphatic heterocycles. The monoisotopic (exact) mass is 520 g/mol. The molecule has 6 rings (SSSR count). The number of carbonyl (C=O) groups is 2. The van der Waals surface area contributed by atoms with E-state index in [2.05, 4.69) is 28.7 Å². The standard InChI is InChI=1S/C32H32N4O3/c1-3-35(4-2)24-17-15-21(16-18-24)28-27(29(37)23-14-13-20-9-5-6-10-22(20)19-23)30(38)31(39)36(28)32-33-25-11-7-8-12-26(25)34-32/h7-8,11-19,28,37H,3-6,9-10H2,1-2H3,(H,33,34)/b29-27+. The first kappa shape index (κ1) is 24.9. The summed E-state index contributed by atoms with van der Waals surface area (Å²) in [5.74, 6) is -1.31. The molecule has 3 aromatic carbocycles. The van der Waals surface area contributed by atoms with E-state index in [-0.39, 0.29) is 17.3 Å². The van der Waals surface area contributed by atoms with Crippen LogP contribution in [0.5, 0.6) is 0 Å². The van der Waals surface area contributed by atoms with Gasteiger partial charge in [0.2, 0.25) is 5.95 Å². The Bertz CT molecular complexity index is 1560. The van der Waals surface area contributed by atoms with Crippen molar-refractivity contribution in [2.24, 2.45) is 0 Å². The molecular formula is C32H32N4O3. The highest BCUT2D eigenvalue weighted by atomic mass is 16.3. The van der Waals surface area contributed by atoms with Gasteiger partial charge in [0, 0.05) is 24.3 Å². The van der Waals surface area contributed by atoms with Crippen LogP contribution in [0, 0.1) is 0 Å². The van der Waals surface area contributed by atoms with Crippen molar-refractivity contribution in [3.8, 4) is 0 Å². The lowest BCUT2D eigenvalue weighted by Crippen LogP contribution is -2.30. The molecule has 7 heteroatoms. The molecule has 1 fully saturated rings. The van der Waals surface area contributed by atoms with E-state index in [9.17, 15) is 14.7 Å². The number of nitrogens with zero attached hydrogens (tertiary/aromatic N) is 3. The van der Waals surface area contributed by atoms with E-state index in [1.165, 1.54) is 16.0 Å². The third kappa shape index (κ3) is 4.28. The van der Waals surface area contributed by atoms with Crippen LogP contribution in [-0.4, -0.2) is 39.9 Å². The molecular weight excluding hydrogens is 488 g/mol. The summed E-state index contributed by atoms with van der Waals surface area (Å²) in [6, 6.07) is 20.4. The van der Waals surface area contributed by atoms with E-state index in [1.54, 1.807) is 0 Å². The third-order valence-electron chi connectivity index (χ3n) is 8.01. The summed E-state index contributed by atoms with van der Waals surface area (Å²) in [6.45, 7) is 5.94. The molecule has 1 amide bonds. The van der Waals surface area contributed by atoms with Gasteiger partial charge in [0.15, 0.2) is 0 Å². The zero-order valence-electron chi connectivity index (χ0n) is 22.3. The highest BCUT2D eigenvalue weighted by Crippen LogP contribution is 2.42. The maximum Gasteiger partial charge on any atom is 0.302 e. The van der Waals surface area contributed by atoms with Crippen molar-refractivity contribution in [3.05, 3.63) is 94.6 Å². The first-order chi connectivity index (χ1) is 19.0. The fourth-order valence-electron chi connectivity index (χ4n) is 5.91. The quantitative estimate of drug-likeness (QED) is 0.187. The maximum absolute atomic E-state index is 13.6. The Labute approximate surface area is 227 Å². The number of aryl methyl sites for hydroxylation is 2. The molecule has 2 N–H and O–H groups in total. The minimum absolute atomic E-state index is 0.0757. The molecule has 1 saturated heterocycles. The molecule has 2 heterocycles. The number of hydrogen-bond donors (Lipinski definition) is 2. The number of imidazole rings is 1. The number of aliphatic hydroxyl groups excluding tert-OH is 1. The first-order valence-corrected chi connectivity index (χ1v) is 13.7. The van der Waals surface area contributed by atoms with Crippen LogP contribution in [0.4, 0.5) is 11.6 Å². The van der Waals surface area contributed by atoms with Crippen molar-refractivity contribution in [1.82, 2.24) is 9.97 Å². The van der Waals surface area contributed by atoms with Crippen LogP contribution in [0.2, 0.25) is 0 Å². The molecule has 4 aromatic rings. The Morgan fingerprint density at radius 3 is 2.41 bits per heavy atom. The summed E-state index contributed by atoms with van der Waals surface area (Å²) in [6.07, 6.45) is 4.22. The Morgan fingerprint density at radius 2 is 1.69 bits per heavy atom. The van der Waals surface area contributed by atoms with Crippen molar-refractivity contribution in [2.45, 2.75) is 45.6 Å². The van der Waals surface area contributed by atoms with Gasteiger partial charge in [0.1, 0.15) is 5.76 Å². The molecule has 1 aliphatic carbocycles. The van der Waals surface area contributed by atoms with Crippen LogP contribution in [0.1, 0.15) is 55.0 Å². The van der Waals surface area contributed by atoms with Gasteiger partial charge in [-0.05, 0) is 86.6 Å². The van der Waals surface area contributed by atoms with E-state index in [0.717, 1.165) is 55.5 Å². The van der Waals surface area contributed by atoms with Gasteiger partial charge in [-0.1, -0.05) is 36.4 Å². The van der Waals surface area contributed by atoms with Gasteiger partial charge in [-0.3, -0.25) is 14.5 Å². The molecule has 39 heavy (non-hydrogen) atoms. The number of ketones is 1. The SMILES string of the molecule is CCN(CC)c1ccc(C2/C(=C(\O)c3ccc4c(c3)CCCC4)C(=O)C(=O)N2c2nc3ccccc3[nH]2)cc1. The average Bonchev–Trinajstić information content (AvgIpc) is 3.51. The number of Topliss-reactive ketones (excluding diaryl/α,β-unsaturated/α-hetero) is 1. The Morgan fingerprint density at radius 1 is 0.974 bits per heavy atom. The molecule has 1 atom stereocenters. The zero-order valence-corrected chi connectivity index (χ0v) is 22.3. The van der Waals surface area contributed by atoms with E-state index in [1.807, 2.05) is 66.7 Å². The predicted molar refractivity (Wildman–Crippen MR) is 154 cm³/mol. The van der Waals surface area contributed by atoms with E-state index < -0.39 is 17.7 Å². The van der Waals surface area contributed by atoms with Crippen molar-refractivity contribution in [1.29, 1.82) is 0 Å².